The van der Waals surface area contributed by atoms with Gasteiger partial charge in [0.2, 0.25) is 5.78 Å². The zero-order valence-electron chi connectivity index (χ0n) is 11.8. The fourth-order valence-electron chi connectivity index (χ4n) is 2.21. The minimum atomic E-state index is -1.26. The maximum atomic E-state index is 12.3. The van der Waals surface area contributed by atoms with Gasteiger partial charge in [0, 0.05) is 22.6 Å². The summed E-state index contributed by atoms with van der Waals surface area (Å²) in [5.41, 5.74) is 4.59. The number of carbonyl (C=O) groups is 2. The van der Waals surface area contributed by atoms with Gasteiger partial charge in [-0.2, -0.15) is 5.10 Å². The molecule has 23 heavy (non-hydrogen) atoms. The van der Waals surface area contributed by atoms with E-state index in [0.29, 0.717) is 16.8 Å². The van der Waals surface area contributed by atoms with Crippen molar-refractivity contribution in [1.82, 2.24) is 0 Å². The van der Waals surface area contributed by atoms with Gasteiger partial charge in [-0.3, -0.25) is 10.2 Å². The number of carbonyl (C=O) groups excluding carboxylic acids is 1. The number of carboxylic acid groups (broad SMARTS) is 1. The van der Waals surface area contributed by atoms with Crippen LogP contribution >= 0.6 is 0 Å². The molecule has 1 radical (unpaired) electrons. The molecule has 2 N–H and O–H groups in total. The van der Waals surface area contributed by atoms with Crippen molar-refractivity contribution in [1.29, 1.82) is 0 Å². The number of hydrogen-bond acceptors (Lipinski definition) is 4. The number of nitrogens with zero attached hydrogens (tertiary/aromatic N) is 1. The van der Waals surface area contributed by atoms with E-state index < -0.39 is 11.8 Å². The molecule has 2 aromatic rings. The van der Waals surface area contributed by atoms with Crippen LogP contribution in [0, 0.1) is 0 Å². The normalized spacial score (nSPS) is 14.5. The van der Waals surface area contributed by atoms with Crippen LogP contribution in [0.2, 0.25) is 0 Å². The summed E-state index contributed by atoms with van der Waals surface area (Å²) < 4.78 is 0. The Hall–Kier alpha value is -2.69. The second kappa shape index (κ2) is 7.05. The predicted molar refractivity (Wildman–Crippen MR) is 83.7 cm³/mol. The van der Waals surface area contributed by atoms with Crippen LogP contribution in [-0.2, 0) is 26.7 Å². The third-order valence-electron chi connectivity index (χ3n) is 3.28. The smallest absolute Gasteiger partial charge is 0.339 e. The minimum Gasteiger partial charge on any atom is -0.478 e. The first kappa shape index (κ1) is 16.7. The number of benzene rings is 2. The molecule has 0 atom stereocenters. The van der Waals surface area contributed by atoms with Gasteiger partial charge in [-0.05, 0) is 23.8 Å². The zero-order chi connectivity index (χ0) is 15.5. The number of para-hydroxylation sites is 1. The predicted octanol–water partition coefficient (Wildman–Crippen LogP) is 2.55. The van der Waals surface area contributed by atoms with E-state index in [1.807, 2.05) is 18.2 Å². The third-order valence-corrected chi connectivity index (χ3v) is 3.28. The summed E-state index contributed by atoms with van der Waals surface area (Å²) in [5.74, 6) is -1.86. The van der Waals surface area contributed by atoms with Crippen molar-refractivity contribution >= 4 is 29.2 Å². The molecule has 0 heterocycles. The monoisotopic (exact) mass is 355 g/mol. The molecular formula is C17H12CuN2O3. The number of aliphatic carboxylic acids is 1. The van der Waals surface area contributed by atoms with Crippen molar-refractivity contribution < 1.29 is 31.8 Å². The van der Waals surface area contributed by atoms with Crippen LogP contribution in [0.15, 0.2) is 65.3 Å². The molecule has 1 aliphatic rings. The molecule has 0 aromatic heterocycles. The molecule has 2 aromatic carbocycles. The van der Waals surface area contributed by atoms with Crippen LogP contribution < -0.4 is 5.43 Å². The second-order valence-electron chi connectivity index (χ2n) is 4.72. The Labute approximate surface area is 143 Å². The average molecular weight is 356 g/mol. The molecule has 6 heteroatoms. The number of hydrazone groups is 1. The van der Waals surface area contributed by atoms with Gasteiger partial charge >= 0.3 is 5.97 Å². The van der Waals surface area contributed by atoms with E-state index in [0.717, 1.165) is 0 Å². The van der Waals surface area contributed by atoms with Gasteiger partial charge in [-0.1, -0.05) is 42.5 Å². The molecule has 0 bridgehead atoms. The van der Waals surface area contributed by atoms with Crippen molar-refractivity contribution in [2.45, 2.75) is 0 Å². The first-order valence-electron chi connectivity index (χ1n) is 6.64. The van der Waals surface area contributed by atoms with Gasteiger partial charge in [0.1, 0.15) is 11.3 Å². The Balaban J connectivity index is 0.00000192. The maximum absolute atomic E-state index is 12.3. The van der Waals surface area contributed by atoms with Crippen LogP contribution in [0.3, 0.4) is 0 Å². The fraction of sp³-hybridized carbons (Fsp3) is 0. The van der Waals surface area contributed by atoms with E-state index in [4.69, 9.17) is 0 Å². The first-order valence-corrected chi connectivity index (χ1v) is 6.64. The van der Waals surface area contributed by atoms with Crippen LogP contribution in [-0.4, -0.2) is 22.6 Å². The van der Waals surface area contributed by atoms with Crippen LogP contribution in [0.5, 0.6) is 0 Å². The molecule has 1 aliphatic carbocycles. The number of ketones is 1. The molecule has 0 saturated carbocycles. The summed E-state index contributed by atoms with van der Waals surface area (Å²) in [5, 5.41) is 13.3. The van der Waals surface area contributed by atoms with E-state index in [1.54, 1.807) is 36.4 Å². The molecule has 0 saturated heterocycles. The van der Waals surface area contributed by atoms with E-state index in [1.165, 1.54) is 6.08 Å². The van der Waals surface area contributed by atoms with Crippen LogP contribution in [0.25, 0.3) is 6.08 Å². The van der Waals surface area contributed by atoms with Crippen LogP contribution in [0.4, 0.5) is 5.69 Å². The molecule has 0 fully saturated rings. The number of carboxylic acids is 1. The average Bonchev–Trinajstić information content (AvgIpc) is 2.54. The topological polar surface area (TPSA) is 78.8 Å². The number of nitrogens with one attached hydrogen (secondary N) is 1. The van der Waals surface area contributed by atoms with Gasteiger partial charge in [-0.15, -0.1) is 0 Å². The Morgan fingerprint density at radius 3 is 2.35 bits per heavy atom. The zero-order valence-corrected chi connectivity index (χ0v) is 12.7. The van der Waals surface area contributed by atoms with Crippen molar-refractivity contribution in [2.24, 2.45) is 5.10 Å². The molecule has 119 valence electrons. The Bertz CT molecular complexity index is 814. The summed E-state index contributed by atoms with van der Waals surface area (Å²) in [6, 6.07) is 16.2. The Kier molecular flexibility index (Phi) is 5.11. The molecular weight excluding hydrogens is 344 g/mol. The Morgan fingerprint density at radius 1 is 1.00 bits per heavy atom. The van der Waals surface area contributed by atoms with Gasteiger partial charge < -0.3 is 5.11 Å². The van der Waals surface area contributed by atoms with Crippen molar-refractivity contribution in [3.8, 4) is 0 Å². The molecule has 5 nitrogen and oxygen atoms in total. The summed E-state index contributed by atoms with van der Waals surface area (Å²) in [4.78, 5) is 23.6. The summed E-state index contributed by atoms with van der Waals surface area (Å²) in [6.07, 6.45) is 1.38. The van der Waals surface area contributed by atoms with E-state index >= 15 is 0 Å². The number of fused-ring (bicyclic) bond motifs is 1. The second-order valence-corrected chi connectivity index (χ2v) is 4.72. The molecule has 3 rings (SSSR count). The molecule has 0 aliphatic heterocycles. The minimum absolute atomic E-state index is 0. The van der Waals surface area contributed by atoms with Crippen molar-refractivity contribution in [2.75, 3.05) is 5.43 Å². The fourth-order valence-corrected chi connectivity index (χ4v) is 2.21. The maximum Gasteiger partial charge on any atom is 0.339 e. The number of rotatable bonds is 3. The van der Waals surface area contributed by atoms with Crippen molar-refractivity contribution in [3.63, 3.8) is 0 Å². The largest absolute Gasteiger partial charge is 0.478 e. The SMILES string of the molecule is O=C(O)C1=Cc2ccccc2/C(=N\Nc2ccccc2)C1=O.[Cu]. The summed E-state index contributed by atoms with van der Waals surface area (Å²) in [7, 11) is 0. The van der Waals surface area contributed by atoms with E-state index in [-0.39, 0.29) is 28.4 Å². The van der Waals surface area contributed by atoms with E-state index in [2.05, 4.69) is 10.5 Å². The third kappa shape index (κ3) is 3.39. The van der Waals surface area contributed by atoms with Gasteiger partial charge in [0.05, 0.1) is 5.69 Å². The summed E-state index contributed by atoms with van der Waals surface area (Å²) in [6.45, 7) is 0. The summed E-state index contributed by atoms with van der Waals surface area (Å²) >= 11 is 0. The standard InChI is InChI=1S/C17H12N2O3.Cu/c20-16-14(17(21)22)10-11-6-4-5-9-13(11)15(16)19-18-12-7-2-1-3-8-12;/h1-10,18H,(H,21,22);/b19-15+;. The quantitative estimate of drug-likeness (QED) is 0.504. The number of anilines is 1. The molecule has 0 unspecified atom stereocenters. The first-order chi connectivity index (χ1) is 10.7. The number of Topliss-reactive ketones (excluding diaryl/α,β-unsaturated/α-hetero) is 1. The van der Waals surface area contributed by atoms with Gasteiger partial charge in [0.25, 0.3) is 0 Å². The van der Waals surface area contributed by atoms with E-state index in [9.17, 15) is 14.7 Å². The van der Waals surface area contributed by atoms with Gasteiger partial charge in [0.15, 0.2) is 0 Å². The van der Waals surface area contributed by atoms with Crippen LogP contribution in [0.1, 0.15) is 11.1 Å². The number of hydrogen-bond donors (Lipinski definition) is 2. The Morgan fingerprint density at radius 2 is 1.65 bits per heavy atom. The molecule has 0 amide bonds. The van der Waals surface area contributed by atoms with Gasteiger partial charge in [-0.25, -0.2) is 4.79 Å². The molecule has 0 spiro atoms. The van der Waals surface area contributed by atoms with Crippen molar-refractivity contribution in [3.05, 3.63) is 71.3 Å².